The zero-order valence-electron chi connectivity index (χ0n) is 16.7. The molecular weight excluding hydrogens is 380 g/mol. The molecule has 1 aromatic heterocycles. The first kappa shape index (κ1) is 20.7. The highest BCUT2D eigenvalue weighted by atomic mass is 16.2. The molecule has 0 bridgehead atoms. The first-order chi connectivity index (χ1) is 14.4. The van der Waals surface area contributed by atoms with Crippen LogP contribution in [-0.2, 0) is 11.3 Å². The fraction of sp³-hybridized carbons (Fsp3) is 0.227. The van der Waals surface area contributed by atoms with Gasteiger partial charge in [-0.3, -0.25) is 9.59 Å². The predicted octanol–water partition coefficient (Wildman–Crippen LogP) is 2.35. The van der Waals surface area contributed by atoms with Crippen LogP contribution in [0.3, 0.4) is 0 Å². The highest BCUT2D eigenvalue weighted by Gasteiger charge is 2.21. The summed E-state index contributed by atoms with van der Waals surface area (Å²) in [5.41, 5.74) is 6.99. The Bertz CT molecular complexity index is 1140. The number of fused-ring (bicyclic) bond motifs is 1. The molecule has 8 heteroatoms. The van der Waals surface area contributed by atoms with E-state index in [0.717, 1.165) is 5.39 Å². The van der Waals surface area contributed by atoms with Crippen molar-refractivity contribution in [1.82, 2.24) is 15.3 Å². The largest absolute Gasteiger partial charge is 0.368 e. The fourth-order valence-corrected chi connectivity index (χ4v) is 3.02. The van der Waals surface area contributed by atoms with Crippen molar-refractivity contribution in [3.05, 3.63) is 65.5 Å². The third-order valence-corrected chi connectivity index (χ3v) is 4.58. The van der Waals surface area contributed by atoms with Gasteiger partial charge in [0, 0.05) is 10.9 Å². The van der Waals surface area contributed by atoms with E-state index in [-0.39, 0.29) is 18.4 Å². The van der Waals surface area contributed by atoms with Crippen LogP contribution in [0, 0.1) is 17.2 Å². The van der Waals surface area contributed by atoms with Crippen molar-refractivity contribution in [3.63, 3.8) is 0 Å². The predicted molar refractivity (Wildman–Crippen MR) is 113 cm³/mol. The Morgan fingerprint density at radius 2 is 1.90 bits per heavy atom. The van der Waals surface area contributed by atoms with E-state index in [1.165, 1.54) is 6.07 Å². The maximum absolute atomic E-state index is 12.4. The highest BCUT2D eigenvalue weighted by Crippen LogP contribution is 2.22. The maximum atomic E-state index is 12.4. The minimum absolute atomic E-state index is 0.0354. The number of nitriles is 1. The Hall–Kier alpha value is -3.99. The van der Waals surface area contributed by atoms with Gasteiger partial charge in [0.1, 0.15) is 11.9 Å². The van der Waals surface area contributed by atoms with Crippen LogP contribution in [0.2, 0.25) is 0 Å². The number of hydrogen-bond donors (Lipinski definition) is 3. The number of carbonyl (C=O) groups is 2. The first-order valence-electron chi connectivity index (χ1n) is 9.49. The Labute approximate surface area is 174 Å². The second-order valence-corrected chi connectivity index (χ2v) is 7.15. The molecule has 2 aromatic carbocycles. The molecule has 3 aromatic rings. The van der Waals surface area contributed by atoms with E-state index in [1.807, 2.05) is 44.2 Å². The van der Waals surface area contributed by atoms with Crippen molar-refractivity contribution in [2.75, 3.05) is 5.32 Å². The summed E-state index contributed by atoms with van der Waals surface area (Å²) in [6.07, 6.45) is 0. The number of carbonyl (C=O) groups excluding carboxylic acids is 2. The molecule has 1 heterocycles. The highest BCUT2D eigenvalue weighted by molar-refractivity contribution is 5.94. The minimum atomic E-state index is -0.598. The number of benzene rings is 2. The Balaban J connectivity index is 1.86. The normalized spacial score (nSPS) is 11.7. The molecule has 0 saturated carbocycles. The lowest BCUT2D eigenvalue weighted by atomic mass is 10.0. The van der Waals surface area contributed by atoms with Gasteiger partial charge in [-0.25, -0.2) is 9.97 Å². The lowest BCUT2D eigenvalue weighted by Crippen LogP contribution is -2.40. The summed E-state index contributed by atoms with van der Waals surface area (Å²) < 4.78 is 0. The standard InChI is InChI=1S/C22H22N6O2/c1-13(2)19(20(24)29)28-21-16-8-3-4-9-17(16)26-18(27-21)12-25-22(30)15-7-5-6-14(10-15)11-23/h3-10,13,19H,12H2,1-2H3,(H2,24,29)(H,25,30)(H,26,27,28)/t19-/m0/s1. The molecule has 0 fully saturated rings. The van der Waals surface area contributed by atoms with Crippen molar-refractivity contribution >= 4 is 28.5 Å². The molecule has 4 N–H and O–H groups in total. The fourth-order valence-electron chi connectivity index (χ4n) is 3.02. The SMILES string of the molecule is CC(C)[C@H](Nc1nc(CNC(=O)c2cccc(C#N)c2)nc2ccccc12)C(N)=O. The average molecular weight is 402 g/mol. The molecule has 2 amide bonds. The van der Waals surface area contributed by atoms with Gasteiger partial charge < -0.3 is 16.4 Å². The number of anilines is 1. The zero-order valence-corrected chi connectivity index (χ0v) is 16.7. The summed E-state index contributed by atoms with van der Waals surface area (Å²) in [7, 11) is 0. The van der Waals surface area contributed by atoms with E-state index in [4.69, 9.17) is 11.0 Å². The molecule has 30 heavy (non-hydrogen) atoms. The molecule has 0 aliphatic carbocycles. The van der Waals surface area contributed by atoms with Crippen LogP contribution in [0.5, 0.6) is 0 Å². The lowest BCUT2D eigenvalue weighted by molar-refractivity contribution is -0.119. The quantitative estimate of drug-likeness (QED) is 0.555. The number of aromatic nitrogens is 2. The van der Waals surface area contributed by atoms with E-state index in [1.54, 1.807) is 18.2 Å². The summed E-state index contributed by atoms with van der Waals surface area (Å²) in [6.45, 7) is 3.86. The first-order valence-corrected chi connectivity index (χ1v) is 9.49. The minimum Gasteiger partial charge on any atom is -0.368 e. The summed E-state index contributed by atoms with van der Waals surface area (Å²) in [5, 5.41) is 15.6. The number of amides is 2. The Morgan fingerprint density at radius 1 is 1.13 bits per heavy atom. The number of primary amides is 1. The van der Waals surface area contributed by atoms with Gasteiger partial charge in [0.15, 0.2) is 5.82 Å². The number of para-hydroxylation sites is 1. The second-order valence-electron chi connectivity index (χ2n) is 7.15. The Morgan fingerprint density at radius 3 is 2.60 bits per heavy atom. The van der Waals surface area contributed by atoms with Crippen molar-refractivity contribution in [2.45, 2.75) is 26.4 Å². The van der Waals surface area contributed by atoms with E-state index in [0.29, 0.717) is 28.3 Å². The average Bonchev–Trinajstić information content (AvgIpc) is 2.75. The van der Waals surface area contributed by atoms with Gasteiger partial charge >= 0.3 is 0 Å². The molecule has 0 radical (unpaired) electrons. The number of nitrogens with two attached hydrogens (primary N) is 1. The van der Waals surface area contributed by atoms with Gasteiger partial charge in [0.2, 0.25) is 5.91 Å². The summed E-state index contributed by atoms with van der Waals surface area (Å²) in [6, 6.07) is 15.2. The van der Waals surface area contributed by atoms with E-state index in [2.05, 4.69) is 20.6 Å². The summed E-state index contributed by atoms with van der Waals surface area (Å²) in [4.78, 5) is 33.3. The van der Waals surface area contributed by atoms with Gasteiger partial charge in [0.25, 0.3) is 5.91 Å². The van der Waals surface area contributed by atoms with Crippen molar-refractivity contribution < 1.29 is 9.59 Å². The Kier molecular flexibility index (Phi) is 6.23. The van der Waals surface area contributed by atoms with Gasteiger partial charge in [-0.05, 0) is 36.2 Å². The molecule has 0 spiro atoms. The second kappa shape index (κ2) is 9.01. The van der Waals surface area contributed by atoms with Crippen LogP contribution in [0.1, 0.15) is 35.6 Å². The lowest BCUT2D eigenvalue weighted by Gasteiger charge is -2.21. The summed E-state index contributed by atoms with van der Waals surface area (Å²) in [5.74, 6) is 0.0177. The number of nitrogens with zero attached hydrogens (tertiary/aromatic N) is 3. The molecule has 0 saturated heterocycles. The number of hydrogen-bond acceptors (Lipinski definition) is 6. The molecule has 1 atom stereocenters. The number of rotatable bonds is 7. The third kappa shape index (κ3) is 4.70. The molecule has 152 valence electrons. The van der Waals surface area contributed by atoms with E-state index < -0.39 is 11.9 Å². The molecular formula is C22H22N6O2. The van der Waals surface area contributed by atoms with Crippen LogP contribution >= 0.6 is 0 Å². The van der Waals surface area contributed by atoms with Gasteiger partial charge in [-0.1, -0.05) is 32.0 Å². The van der Waals surface area contributed by atoms with E-state index in [9.17, 15) is 9.59 Å². The number of nitrogens with one attached hydrogen (secondary N) is 2. The van der Waals surface area contributed by atoms with Crippen LogP contribution in [0.4, 0.5) is 5.82 Å². The van der Waals surface area contributed by atoms with E-state index >= 15 is 0 Å². The molecule has 8 nitrogen and oxygen atoms in total. The van der Waals surface area contributed by atoms with Gasteiger partial charge in [-0.15, -0.1) is 0 Å². The van der Waals surface area contributed by atoms with Crippen molar-refractivity contribution in [3.8, 4) is 6.07 Å². The molecule has 0 unspecified atom stereocenters. The maximum Gasteiger partial charge on any atom is 0.251 e. The van der Waals surface area contributed by atoms with Crippen LogP contribution in [-0.4, -0.2) is 27.8 Å². The van der Waals surface area contributed by atoms with Crippen LogP contribution in [0.25, 0.3) is 10.9 Å². The van der Waals surface area contributed by atoms with Crippen LogP contribution < -0.4 is 16.4 Å². The van der Waals surface area contributed by atoms with Crippen LogP contribution in [0.15, 0.2) is 48.5 Å². The van der Waals surface area contributed by atoms with Crippen molar-refractivity contribution in [1.29, 1.82) is 5.26 Å². The topological polar surface area (TPSA) is 134 Å². The molecule has 0 aliphatic heterocycles. The van der Waals surface area contributed by atoms with Gasteiger partial charge in [-0.2, -0.15) is 5.26 Å². The molecule has 3 rings (SSSR count). The smallest absolute Gasteiger partial charge is 0.251 e. The zero-order chi connectivity index (χ0) is 21.7. The third-order valence-electron chi connectivity index (χ3n) is 4.58. The monoisotopic (exact) mass is 402 g/mol. The molecule has 0 aliphatic rings. The van der Waals surface area contributed by atoms with Gasteiger partial charge in [0.05, 0.1) is 23.7 Å². The van der Waals surface area contributed by atoms with Crippen molar-refractivity contribution in [2.24, 2.45) is 11.7 Å². The summed E-state index contributed by atoms with van der Waals surface area (Å²) >= 11 is 0.